The van der Waals surface area contributed by atoms with Gasteiger partial charge in [0.25, 0.3) is 5.91 Å². The number of benzene rings is 2. The van der Waals surface area contributed by atoms with Gasteiger partial charge in [-0.1, -0.05) is 42.5 Å². The molecular formula is C15H14ClNO. The minimum Gasteiger partial charge on any atom is -0.348 e. The van der Waals surface area contributed by atoms with Crippen molar-refractivity contribution in [2.24, 2.45) is 0 Å². The average molecular weight is 260 g/mol. The number of alkyl halides is 1. The van der Waals surface area contributed by atoms with Gasteiger partial charge in [-0.15, -0.1) is 11.6 Å². The lowest BCUT2D eigenvalue weighted by Gasteiger charge is -2.08. The normalized spacial score (nSPS) is 10.1. The Balaban J connectivity index is 2.02. The van der Waals surface area contributed by atoms with Crippen molar-refractivity contribution < 1.29 is 4.79 Å². The Hall–Kier alpha value is -1.80. The van der Waals surface area contributed by atoms with Crippen LogP contribution in [0.2, 0.25) is 0 Å². The Morgan fingerprint density at radius 3 is 2.22 bits per heavy atom. The van der Waals surface area contributed by atoms with Crippen molar-refractivity contribution in [1.29, 1.82) is 0 Å². The summed E-state index contributed by atoms with van der Waals surface area (Å²) in [7, 11) is 0. The third kappa shape index (κ3) is 3.11. The molecule has 0 atom stereocenters. The van der Waals surface area contributed by atoms with E-state index in [1.165, 1.54) is 0 Å². The van der Waals surface area contributed by atoms with Crippen LogP contribution in [-0.4, -0.2) is 5.91 Å². The van der Waals surface area contributed by atoms with E-state index in [1.54, 1.807) is 12.1 Å². The van der Waals surface area contributed by atoms with Gasteiger partial charge in [0, 0.05) is 18.0 Å². The van der Waals surface area contributed by atoms with E-state index in [4.69, 9.17) is 11.6 Å². The number of halogens is 1. The molecular weight excluding hydrogens is 246 g/mol. The van der Waals surface area contributed by atoms with E-state index in [-0.39, 0.29) is 5.91 Å². The highest BCUT2D eigenvalue weighted by Gasteiger charge is 2.05. The van der Waals surface area contributed by atoms with Crippen molar-refractivity contribution in [1.82, 2.24) is 5.32 Å². The molecule has 1 N–H and O–H groups in total. The predicted octanol–water partition coefficient (Wildman–Crippen LogP) is 3.36. The minimum atomic E-state index is -0.0695. The van der Waals surface area contributed by atoms with Crippen molar-refractivity contribution in [2.75, 3.05) is 0 Å². The monoisotopic (exact) mass is 259 g/mol. The van der Waals surface area contributed by atoms with Crippen molar-refractivity contribution in [2.45, 2.75) is 12.4 Å². The number of nitrogens with one attached hydrogen (secondary N) is 1. The van der Waals surface area contributed by atoms with E-state index in [1.807, 2.05) is 42.5 Å². The van der Waals surface area contributed by atoms with E-state index in [0.717, 1.165) is 11.1 Å². The first kappa shape index (κ1) is 12.7. The van der Waals surface area contributed by atoms with Crippen LogP contribution in [0.1, 0.15) is 21.5 Å². The zero-order valence-electron chi connectivity index (χ0n) is 9.90. The number of hydrogen-bond donors (Lipinski definition) is 1. The molecule has 0 unspecified atom stereocenters. The molecule has 0 saturated heterocycles. The molecule has 0 spiro atoms. The van der Waals surface area contributed by atoms with Gasteiger partial charge in [-0.25, -0.2) is 0 Å². The summed E-state index contributed by atoms with van der Waals surface area (Å²) < 4.78 is 0. The molecule has 18 heavy (non-hydrogen) atoms. The first-order valence-corrected chi connectivity index (χ1v) is 6.30. The molecule has 2 rings (SSSR count). The van der Waals surface area contributed by atoms with Crippen LogP contribution < -0.4 is 5.32 Å². The fourth-order valence-electron chi connectivity index (χ4n) is 1.73. The van der Waals surface area contributed by atoms with E-state index in [0.29, 0.717) is 18.0 Å². The van der Waals surface area contributed by atoms with Gasteiger partial charge in [0.2, 0.25) is 0 Å². The number of rotatable bonds is 4. The zero-order chi connectivity index (χ0) is 12.8. The van der Waals surface area contributed by atoms with Crippen molar-refractivity contribution in [3.63, 3.8) is 0 Å². The maximum Gasteiger partial charge on any atom is 0.251 e. The smallest absolute Gasteiger partial charge is 0.251 e. The summed E-state index contributed by atoms with van der Waals surface area (Å²) in [6.07, 6.45) is 0. The largest absolute Gasteiger partial charge is 0.348 e. The second kappa shape index (κ2) is 6.22. The second-order valence-corrected chi connectivity index (χ2v) is 4.22. The second-order valence-electron chi connectivity index (χ2n) is 3.95. The molecule has 0 radical (unpaired) electrons. The SMILES string of the molecule is O=C(NCc1ccccc1CCl)c1ccccc1. The zero-order valence-corrected chi connectivity index (χ0v) is 10.7. The van der Waals surface area contributed by atoms with E-state index >= 15 is 0 Å². The standard InChI is InChI=1S/C15H14ClNO/c16-10-13-8-4-5-9-14(13)11-17-15(18)12-6-2-1-3-7-12/h1-9H,10-11H2,(H,17,18). The van der Waals surface area contributed by atoms with Crippen LogP contribution in [0.25, 0.3) is 0 Å². The summed E-state index contributed by atoms with van der Waals surface area (Å²) in [6.45, 7) is 0.497. The first-order chi connectivity index (χ1) is 8.81. The average Bonchev–Trinajstić information content (AvgIpc) is 2.46. The summed E-state index contributed by atoms with van der Waals surface area (Å²) in [4.78, 5) is 11.9. The fourth-order valence-corrected chi connectivity index (χ4v) is 1.99. The van der Waals surface area contributed by atoms with Crippen molar-refractivity contribution >= 4 is 17.5 Å². The van der Waals surface area contributed by atoms with Crippen molar-refractivity contribution in [3.8, 4) is 0 Å². The van der Waals surface area contributed by atoms with E-state index in [2.05, 4.69) is 5.32 Å². The summed E-state index contributed by atoms with van der Waals surface area (Å²) in [5, 5.41) is 2.89. The Morgan fingerprint density at radius 1 is 0.944 bits per heavy atom. The van der Waals surface area contributed by atoms with Crippen LogP contribution in [0, 0.1) is 0 Å². The summed E-state index contributed by atoms with van der Waals surface area (Å²) >= 11 is 5.85. The summed E-state index contributed by atoms with van der Waals surface area (Å²) in [6, 6.07) is 17.0. The molecule has 3 heteroatoms. The molecule has 2 nitrogen and oxygen atoms in total. The lowest BCUT2D eigenvalue weighted by atomic mass is 10.1. The molecule has 0 aromatic heterocycles. The Bertz CT molecular complexity index is 525. The number of hydrogen-bond acceptors (Lipinski definition) is 1. The van der Waals surface area contributed by atoms with Crippen LogP contribution in [-0.2, 0) is 12.4 Å². The molecule has 0 aliphatic carbocycles. The van der Waals surface area contributed by atoms with Crippen LogP contribution in [0.5, 0.6) is 0 Å². The quantitative estimate of drug-likeness (QED) is 0.839. The van der Waals surface area contributed by atoms with Gasteiger partial charge in [-0.2, -0.15) is 0 Å². The Labute approximate surface area is 112 Å². The van der Waals surface area contributed by atoms with Gasteiger partial charge in [0.1, 0.15) is 0 Å². The van der Waals surface area contributed by atoms with Crippen molar-refractivity contribution in [3.05, 3.63) is 71.3 Å². The molecule has 0 fully saturated rings. The fraction of sp³-hybridized carbons (Fsp3) is 0.133. The molecule has 0 heterocycles. The highest BCUT2D eigenvalue weighted by molar-refractivity contribution is 6.17. The molecule has 2 aromatic rings. The van der Waals surface area contributed by atoms with Crippen LogP contribution in [0.15, 0.2) is 54.6 Å². The van der Waals surface area contributed by atoms with Crippen LogP contribution in [0.4, 0.5) is 0 Å². The molecule has 0 bridgehead atoms. The molecule has 0 saturated carbocycles. The number of amides is 1. The maximum absolute atomic E-state index is 11.9. The van der Waals surface area contributed by atoms with E-state index in [9.17, 15) is 4.79 Å². The Kier molecular flexibility index (Phi) is 4.37. The first-order valence-electron chi connectivity index (χ1n) is 5.77. The molecule has 92 valence electrons. The molecule has 1 amide bonds. The minimum absolute atomic E-state index is 0.0695. The lowest BCUT2D eigenvalue weighted by Crippen LogP contribution is -2.23. The molecule has 2 aromatic carbocycles. The lowest BCUT2D eigenvalue weighted by molar-refractivity contribution is 0.0951. The van der Waals surface area contributed by atoms with Crippen LogP contribution in [0.3, 0.4) is 0 Å². The van der Waals surface area contributed by atoms with Gasteiger partial charge < -0.3 is 5.32 Å². The highest BCUT2D eigenvalue weighted by Crippen LogP contribution is 2.11. The Morgan fingerprint density at radius 2 is 1.56 bits per heavy atom. The summed E-state index contributed by atoms with van der Waals surface area (Å²) in [5.74, 6) is 0.386. The molecule has 0 aliphatic rings. The van der Waals surface area contributed by atoms with Crippen LogP contribution >= 0.6 is 11.6 Å². The highest BCUT2D eigenvalue weighted by atomic mass is 35.5. The third-order valence-corrected chi connectivity index (χ3v) is 3.03. The van der Waals surface area contributed by atoms with Gasteiger partial charge in [0.15, 0.2) is 0 Å². The van der Waals surface area contributed by atoms with Gasteiger partial charge in [-0.3, -0.25) is 4.79 Å². The molecule has 0 aliphatic heterocycles. The maximum atomic E-state index is 11.9. The van der Waals surface area contributed by atoms with Gasteiger partial charge in [-0.05, 0) is 23.3 Å². The number of carbonyl (C=O) groups is 1. The van der Waals surface area contributed by atoms with E-state index < -0.39 is 0 Å². The topological polar surface area (TPSA) is 29.1 Å². The number of carbonyl (C=O) groups excluding carboxylic acids is 1. The summed E-state index contributed by atoms with van der Waals surface area (Å²) in [5.41, 5.74) is 2.77. The third-order valence-electron chi connectivity index (χ3n) is 2.74. The van der Waals surface area contributed by atoms with Gasteiger partial charge >= 0.3 is 0 Å². The predicted molar refractivity (Wildman–Crippen MR) is 73.6 cm³/mol. The van der Waals surface area contributed by atoms with Gasteiger partial charge in [0.05, 0.1) is 0 Å².